The van der Waals surface area contributed by atoms with Gasteiger partial charge in [0.15, 0.2) is 11.5 Å². The van der Waals surface area contributed by atoms with Crippen molar-refractivity contribution in [1.29, 1.82) is 0 Å². The molecule has 0 spiro atoms. The molecule has 3 aromatic carbocycles. The Labute approximate surface area is 230 Å². The van der Waals surface area contributed by atoms with Gasteiger partial charge in [0.2, 0.25) is 11.8 Å². The third kappa shape index (κ3) is 3.86. The number of ether oxygens (including phenoxy) is 3. The van der Waals surface area contributed by atoms with Gasteiger partial charge in [-0.15, -0.1) is 5.10 Å². The molecule has 0 saturated carbocycles. The van der Waals surface area contributed by atoms with E-state index in [1.807, 2.05) is 84.4 Å². The first-order valence-corrected chi connectivity index (χ1v) is 13.0. The Balaban J connectivity index is 1.42. The van der Waals surface area contributed by atoms with E-state index in [9.17, 15) is 0 Å². The summed E-state index contributed by atoms with van der Waals surface area (Å²) < 4.78 is 21.2. The fourth-order valence-corrected chi connectivity index (χ4v) is 5.38. The number of methoxy groups -OCH3 is 2. The summed E-state index contributed by atoms with van der Waals surface area (Å²) in [6.07, 6.45) is 2.22. The van der Waals surface area contributed by atoms with Crippen molar-refractivity contribution in [2.45, 2.75) is 19.3 Å². The van der Waals surface area contributed by atoms with Crippen LogP contribution in [0.4, 0.5) is 0 Å². The Hall–Kier alpha value is -5.18. The maximum atomic E-state index is 6.52. The number of hydrogen-bond acceptors (Lipinski definition) is 7. The van der Waals surface area contributed by atoms with E-state index in [2.05, 4.69) is 6.07 Å². The lowest BCUT2D eigenvalue weighted by Crippen LogP contribution is -2.16. The lowest BCUT2D eigenvalue weighted by atomic mass is 9.84. The highest BCUT2D eigenvalue weighted by molar-refractivity contribution is 5.67. The fraction of sp³-hybridized carbons (Fsp3) is 0.161. The van der Waals surface area contributed by atoms with Crippen molar-refractivity contribution in [2.24, 2.45) is 0 Å². The highest BCUT2D eigenvalue weighted by Gasteiger charge is 2.39. The van der Waals surface area contributed by atoms with Crippen molar-refractivity contribution in [2.75, 3.05) is 14.2 Å². The van der Waals surface area contributed by atoms with E-state index >= 15 is 0 Å². The topological polar surface area (TPSA) is 88.6 Å². The molecule has 0 radical (unpaired) electrons. The van der Waals surface area contributed by atoms with Gasteiger partial charge >= 0.3 is 0 Å². The molecule has 0 amide bonds. The molecule has 0 N–H and O–H groups in total. The molecule has 4 heterocycles. The fourth-order valence-electron chi connectivity index (χ4n) is 5.38. The van der Waals surface area contributed by atoms with E-state index in [-0.39, 0.29) is 5.92 Å². The summed E-state index contributed by atoms with van der Waals surface area (Å²) in [6, 6.07) is 25.9. The monoisotopic (exact) mass is 530 g/mol. The van der Waals surface area contributed by atoms with Crippen molar-refractivity contribution in [1.82, 2.24) is 29.4 Å². The third-order valence-electron chi connectivity index (χ3n) is 7.24. The van der Waals surface area contributed by atoms with Crippen LogP contribution in [0.25, 0.3) is 11.3 Å². The zero-order valence-electron chi connectivity index (χ0n) is 22.3. The van der Waals surface area contributed by atoms with Gasteiger partial charge in [-0.25, -0.2) is 19.2 Å². The molecule has 40 heavy (non-hydrogen) atoms. The Kier molecular flexibility index (Phi) is 5.70. The normalized spacial score (nSPS) is 13.9. The summed E-state index contributed by atoms with van der Waals surface area (Å²) in [4.78, 5) is 9.70. The van der Waals surface area contributed by atoms with Gasteiger partial charge in [0.05, 0.1) is 42.6 Å². The Bertz CT molecular complexity index is 1840. The van der Waals surface area contributed by atoms with Gasteiger partial charge in [0.25, 0.3) is 0 Å². The smallest absolute Gasteiger partial charge is 0.230 e. The number of aromatic nitrogens is 6. The molecule has 9 nitrogen and oxygen atoms in total. The van der Waals surface area contributed by atoms with E-state index in [0.29, 0.717) is 29.7 Å². The number of hydrogen-bond donors (Lipinski definition) is 0. The number of nitrogens with zero attached hydrogens (tertiary/aromatic N) is 6. The summed E-state index contributed by atoms with van der Waals surface area (Å²) in [5.41, 5.74) is 6.25. The van der Waals surface area contributed by atoms with Crippen molar-refractivity contribution in [3.63, 3.8) is 0 Å². The third-order valence-corrected chi connectivity index (χ3v) is 7.24. The van der Waals surface area contributed by atoms with Gasteiger partial charge in [-0.3, -0.25) is 0 Å². The standard InChI is InChI=1S/C31H26N6O3/c1-19-26-27(23-11-7-8-12-24(23)39-3)28-29-33-25(17-20-13-15-22(38-2)16-14-20)35-36(29)18-32-30(28)40-31(26)37(34-19)21-9-5-4-6-10-21/h4-16,18,27H,17H2,1-3H3/t27-/m0/s1. The number of aryl methyl sites for hydroxylation is 1. The van der Waals surface area contributed by atoms with E-state index < -0.39 is 0 Å². The predicted molar refractivity (Wildman–Crippen MR) is 149 cm³/mol. The minimum absolute atomic E-state index is 0.290. The summed E-state index contributed by atoms with van der Waals surface area (Å²) in [6.45, 7) is 2.00. The lowest BCUT2D eigenvalue weighted by molar-refractivity contribution is 0.393. The molecule has 0 unspecified atom stereocenters. The van der Waals surface area contributed by atoms with Crippen LogP contribution in [0.1, 0.15) is 39.7 Å². The van der Waals surface area contributed by atoms with Gasteiger partial charge in [-0.1, -0.05) is 48.5 Å². The molecular formula is C31H26N6O3. The van der Waals surface area contributed by atoms with Gasteiger partial charge in [-0.05, 0) is 42.8 Å². The van der Waals surface area contributed by atoms with Crippen LogP contribution in [-0.2, 0) is 6.42 Å². The average molecular weight is 531 g/mol. The molecule has 7 rings (SSSR count). The molecule has 0 saturated heterocycles. The van der Waals surface area contributed by atoms with Crippen molar-refractivity contribution >= 4 is 5.65 Å². The minimum atomic E-state index is -0.290. The van der Waals surface area contributed by atoms with Gasteiger partial charge in [0, 0.05) is 12.0 Å². The Morgan fingerprint density at radius 3 is 2.40 bits per heavy atom. The second kappa shape index (κ2) is 9.53. The van der Waals surface area contributed by atoms with Crippen LogP contribution in [0.3, 0.4) is 0 Å². The van der Waals surface area contributed by atoms with E-state index in [1.165, 1.54) is 0 Å². The summed E-state index contributed by atoms with van der Waals surface area (Å²) >= 11 is 0. The highest BCUT2D eigenvalue weighted by atomic mass is 16.5. The first-order chi connectivity index (χ1) is 19.6. The molecule has 9 heteroatoms. The van der Waals surface area contributed by atoms with Crippen LogP contribution in [-0.4, -0.2) is 43.6 Å². The summed E-state index contributed by atoms with van der Waals surface area (Å²) in [7, 11) is 3.34. The second-order valence-corrected chi connectivity index (χ2v) is 9.61. The van der Waals surface area contributed by atoms with Gasteiger partial charge < -0.3 is 14.2 Å². The van der Waals surface area contributed by atoms with Crippen LogP contribution >= 0.6 is 0 Å². The van der Waals surface area contributed by atoms with Crippen molar-refractivity contribution in [3.8, 4) is 28.9 Å². The lowest BCUT2D eigenvalue weighted by Gasteiger charge is -2.27. The van der Waals surface area contributed by atoms with E-state index in [1.54, 1.807) is 25.1 Å². The quantitative estimate of drug-likeness (QED) is 0.280. The predicted octanol–water partition coefficient (Wildman–Crippen LogP) is 5.51. The summed E-state index contributed by atoms with van der Waals surface area (Å²) in [5, 5.41) is 9.67. The SMILES string of the molecule is COc1ccc(Cc2nc3c4c(ncn3n2)Oc2c(c(C)nn2-c2ccccc2)[C@@H]4c2ccccc2OC)cc1. The molecule has 0 aliphatic carbocycles. The molecular weight excluding hydrogens is 504 g/mol. The largest absolute Gasteiger partial charge is 0.497 e. The Morgan fingerprint density at radius 2 is 1.62 bits per heavy atom. The van der Waals surface area contributed by atoms with Crippen LogP contribution in [0.5, 0.6) is 23.3 Å². The molecule has 1 aliphatic heterocycles. The molecule has 6 aromatic rings. The second-order valence-electron chi connectivity index (χ2n) is 9.61. The zero-order valence-corrected chi connectivity index (χ0v) is 22.3. The highest BCUT2D eigenvalue weighted by Crippen LogP contribution is 2.51. The molecule has 3 aromatic heterocycles. The number of rotatable bonds is 6. The van der Waals surface area contributed by atoms with Crippen LogP contribution in [0.2, 0.25) is 0 Å². The van der Waals surface area contributed by atoms with Gasteiger partial charge in [-0.2, -0.15) is 5.10 Å². The van der Waals surface area contributed by atoms with Crippen molar-refractivity contribution < 1.29 is 14.2 Å². The zero-order chi connectivity index (χ0) is 27.2. The minimum Gasteiger partial charge on any atom is -0.497 e. The molecule has 0 bridgehead atoms. The molecule has 0 fully saturated rings. The van der Waals surface area contributed by atoms with Crippen LogP contribution in [0, 0.1) is 6.92 Å². The molecule has 1 atom stereocenters. The maximum Gasteiger partial charge on any atom is 0.230 e. The number of para-hydroxylation sites is 2. The van der Waals surface area contributed by atoms with E-state index in [0.717, 1.165) is 45.1 Å². The van der Waals surface area contributed by atoms with Crippen LogP contribution in [0.15, 0.2) is 85.2 Å². The maximum absolute atomic E-state index is 6.52. The number of fused-ring (bicyclic) bond motifs is 4. The molecule has 1 aliphatic rings. The van der Waals surface area contributed by atoms with E-state index in [4.69, 9.17) is 34.4 Å². The Morgan fingerprint density at radius 1 is 0.850 bits per heavy atom. The molecule has 198 valence electrons. The first kappa shape index (κ1) is 23.9. The first-order valence-electron chi connectivity index (χ1n) is 13.0. The number of benzene rings is 3. The van der Waals surface area contributed by atoms with Crippen LogP contribution < -0.4 is 14.2 Å². The summed E-state index contributed by atoms with van der Waals surface area (Å²) in [5.74, 6) is 3.06. The average Bonchev–Trinajstić information content (AvgIpc) is 3.57. The van der Waals surface area contributed by atoms with Gasteiger partial charge in [0.1, 0.15) is 17.8 Å². The van der Waals surface area contributed by atoms with Crippen molar-refractivity contribution in [3.05, 3.63) is 119 Å².